The lowest BCUT2D eigenvalue weighted by atomic mass is 10.2. The van der Waals surface area contributed by atoms with Crippen LogP contribution in [0.4, 0.5) is 15.8 Å². The summed E-state index contributed by atoms with van der Waals surface area (Å²) in [6, 6.07) is 22.0. The Morgan fingerprint density at radius 1 is 0.778 bits per heavy atom. The van der Waals surface area contributed by atoms with Crippen LogP contribution in [0.2, 0.25) is 0 Å². The second-order valence-corrected chi connectivity index (χ2v) is 5.69. The molecule has 0 spiro atoms. The molecule has 5 nitrogen and oxygen atoms in total. The van der Waals surface area contributed by atoms with Gasteiger partial charge in [-0.25, -0.2) is 4.39 Å². The maximum absolute atomic E-state index is 13.5. The number of halogens is 1. The SMILES string of the molecule is O=C(Nc1ccc(OCc2ccccc2)cc1)C(=O)Nc1ccccc1F. The van der Waals surface area contributed by atoms with E-state index in [1.54, 1.807) is 30.3 Å². The lowest BCUT2D eigenvalue weighted by Gasteiger charge is -2.09. The Bertz CT molecular complexity index is 928. The zero-order valence-corrected chi connectivity index (χ0v) is 14.3. The Morgan fingerprint density at radius 2 is 1.41 bits per heavy atom. The average molecular weight is 364 g/mol. The van der Waals surface area contributed by atoms with Crippen molar-refractivity contribution in [1.82, 2.24) is 0 Å². The highest BCUT2D eigenvalue weighted by atomic mass is 19.1. The van der Waals surface area contributed by atoms with Crippen LogP contribution in [0.5, 0.6) is 5.75 Å². The molecule has 2 amide bonds. The van der Waals surface area contributed by atoms with Gasteiger partial charge in [-0.3, -0.25) is 9.59 Å². The first-order valence-electron chi connectivity index (χ1n) is 8.25. The van der Waals surface area contributed by atoms with Crippen LogP contribution in [0.1, 0.15) is 5.56 Å². The molecule has 0 aliphatic heterocycles. The van der Waals surface area contributed by atoms with Crippen LogP contribution in [0.15, 0.2) is 78.9 Å². The summed E-state index contributed by atoms with van der Waals surface area (Å²) in [5, 5.41) is 4.68. The number of ether oxygens (including phenoxy) is 1. The first-order valence-corrected chi connectivity index (χ1v) is 8.25. The van der Waals surface area contributed by atoms with Crippen molar-refractivity contribution >= 4 is 23.2 Å². The van der Waals surface area contributed by atoms with Crippen LogP contribution in [0.25, 0.3) is 0 Å². The number of para-hydroxylation sites is 1. The molecule has 3 rings (SSSR count). The fourth-order valence-corrected chi connectivity index (χ4v) is 2.30. The summed E-state index contributed by atoms with van der Waals surface area (Å²) in [5.74, 6) is -1.83. The van der Waals surface area contributed by atoms with Gasteiger partial charge in [-0.15, -0.1) is 0 Å². The lowest BCUT2D eigenvalue weighted by molar-refractivity contribution is -0.133. The van der Waals surface area contributed by atoms with Crippen molar-refractivity contribution in [1.29, 1.82) is 0 Å². The van der Waals surface area contributed by atoms with E-state index in [0.717, 1.165) is 5.56 Å². The minimum atomic E-state index is -0.954. The molecule has 2 N–H and O–H groups in total. The van der Waals surface area contributed by atoms with Crippen molar-refractivity contribution in [2.24, 2.45) is 0 Å². The number of nitrogens with one attached hydrogen (secondary N) is 2. The molecule has 0 radical (unpaired) electrons. The van der Waals surface area contributed by atoms with Crippen LogP contribution in [-0.4, -0.2) is 11.8 Å². The number of anilines is 2. The van der Waals surface area contributed by atoms with Crippen LogP contribution in [0.3, 0.4) is 0 Å². The molecule has 3 aromatic carbocycles. The standard InChI is InChI=1S/C21H17FN2O3/c22-18-8-4-5-9-19(18)24-21(26)20(25)23-16-10-12-17(13-11-16)27-14-15-6-2-1-3-7-15/h1-13H,14H2,(H,23,25)(H,24,26). The first-order chi connectivity index (χ1) is 13.1. The molecule has 0 aliphatic rings. The van der Waals surface area contributed by atoms with Gasteiger partial charge in [0, 0.05) is 5.69 Å². The van der Waals surface area contributed by atoms with E-state index >= 15 is 0 Å². The van der Waals surface area contributed by atoms with Crippen LogP contribution >= 0.6 is 0 Å². The smallest absolute Gasteiger partial charge is 0.314 e. The van der Waals surface area contributed by atoms with Crippen molar-refractivity contribution in [3.8, 4) is 5.75 Å². The van der Waals surface area contributed by atoms with Gasteiger partial charge in [0.05, 0.1) is 5.69 Å². The molecule has 136 valence electrons. The Balaban J connectivity index is 1.53. The predicted molar refractivity (Wildman–Crippen MR) is 101 cm³/mol. The minimum Gasteiger partial charge on any atom is -0.489 e. The van der Waals surface area contributed by atoms with Crippen LogP contribution < -0.4 is 15.4 Å². The third-order valence-corrected chi connectivity index (χ3v) is 3.69. The van der Waals surface area contributed by atoms with E-state index in [0.29, 0.717) is 18.0 Å². The summed E-state index contributed by atoms with van der Waals surface area (Å²) in [6.45, 7) is 0.428. The van der Waals surface area contributed by atoms with E-state index in [4.69, 9.17) is 4.74 Å². The molecule has 0 saturated heterocycles. The van der Waals surface area contributed by atoms with E-state index in [1.165, 1.54) is 18.2 Å². The number of benzene rings is 3. The highest BCUT2D eigenvalue weighted by Gasteiger charge is 2.15. The fourth-order valence-electron chi connectivity index (χ4n) is 2.30. The molecule has 0 atom stereocenters. The van der Waals surface area contributed by atoms with E-state index in [1.807, 2.05) is 30.3 Å². The van der Waals surface area contributed by atoms with E-state index in [-0.39, 0.29) is 5.69 Å². The normalized spacial score (nSPS) is 10.1. The second-order valence-electron chi connectivity index (χ2n) is 5.69. The van der Waals surface area contributed by atoms with Gasteiger partial charge >= 0.3 is 11.8 Å². The van der Waals surface area contributed by atoms with Gasteiger partial charge in [-0.2, -0.15) is 0 Å². The summed E-state index contributed by atoms with van der Waals surface area (Å²) >= 11 is 0. The predicted octanol–water partition coefficient (Wildman–Crippen LogP) is 3.98. The minimum absolute atomic E-state index is 0.0534. The summed E-state index contributed by atoms with van der Waals surface area (Å²) in [7, 11) is 0. The molecule has 0 bridgehead atoms. The van der Waals surface area contributed by atoms with Crippen molar-refractivity contribution in [3.63, 3.8) is 0 Å². The molecular formula is C21H17FN2O3. The van der Waals surface area contributed by atoms with Gasteiger partial charge in [-0.05, 0) is 42.0 Å². The average Bonchev–Trinajstić information content (AvgIpc) is 2.70. The molecule has 27 heavy (non-hydrogen) atoms. The number of rotatable bonds is 5. The monoisotopic (exact) mass is 364 g/mol. The fraction of sp³-hybridized carbons (Fsp3) is 0.0476. The lowest BCUT2D eigenvalue weighted by Crippen LogP contribution is -2.29. The van der Waals surface area contributed by atoms with Gasteiger partial charge in [0.1, 0.15) is 18.2 Å². The number of hydrogen-bond acceptors (Lipinski definition) is 3. The Kier molecular flexibility index (Phi) is 5.79. The molecule has 6 heteroatoms. The highest BCUT2D eigenvalue weighted by Crippen LogP contribution is 2.17. The maximum Gasteiger partial charge on any atom is 0.314 e. The van der Waals surface area contributed by atoms with Crippen LogP contribution in [0, 0.1) is 5.82 Å². The highest BCUT2D eigenvalue weighted by molar-refractivity contribution is 6.43. The summed E-state index contributed by atoms with van der Waals surface area (Å²) in [4.78, 5) is 23.8. The van der Waals surface area contributed by atoms with E-state index in [2.05, 4.69) is 10.6 Å². The van der Waals surface area contributed by atoms with E-state index in [9.17, 15) is 14.0 Å². The summed E-state index contributed by atoms with van der Waals surface area (Å²) < 4.78 is 19.2. The van der Waals surface area contributed by atoms with Gasteiger partial charge in [0.25, 0.3) is 0 Å². The zero-order valence-electron chi connectivity index (χ0n) is 14.3. The largest absolute Gasteiger partial charge is 0.489 e. The zero-order chi connectivity index (χ0) is 19.1. The van der Waals surface area contributed by atoms with Gasteiger partial charge in [0.15, 0.2) is 0 Å². The molecular weight excluding hydrogens is 347 g/mol. The molecule has 0 aliphatic carbocycles. The second kappa shape index (κ2) is 8.62. The van der Waals surface area contributed by atoms with Crippen LogP contribution in [-0.2, 0) is 16.2 Å². The van der Waals surface area contributed by atoms with E-state index < -0.39 is 17.6 Å². The quantitative estimate of drug-likeness (QED) is 0.673. The van der Waals surface area contributed by atoms with Crippen molar-refractivity contribution in [2.45, 2.75) is 6.61 Å². The molecule has 0 unspecified atom stereocenters. The third-order valence-electron chi connectivity index (χ3n) is 3.69. The third kappa shape index (κ3) is 5.15. The van der Waals surface area contributed by atoms with Crippen molar-refractivity contribution in [3.05, 3.63) is 90.2 Å². The maximum atomic E-state index is 13.5. The van der Waals surface area contributed by atoms with Crippen molar-refractivity contribution < 1.29 is 18.7 Å². The Hall–Kier alpha value is -3.67. The number of hydrogen-bond donors (Lipinski definition) is 2. The van der Waals surface area contributed by atoms with Gasteiger partial charge < -0.3 is 15.4 Å². The number of carbonyl (C=O) groups excluding carboxylic acids is 2. The summed E-state index contributed by atoms with van der Waals surface area (Å²) in [6.07, 6.45) is 0. The summed E-state index contributed by atoms with van der Waals surface area (Å²) in [5.41, 5.74) is 1.41. The first kappa shape index (κ1) is 18.1. The molecule has 0 saturated carbocycles. The van der Waals surface area contributed by atoms with Gasteiger partial charge in [0.2, 0.25) is 0 Å². The van der Waals surface area contributed by atoms with Crippen molar-refractivity contribution in [2.75, 3.05) is 10.6 Å². The van der Waals surface area contributed by atoms with Gasteiger partial charge in [-0.1, -0.05) is 42.5 Å². The number of carbonyl (C=O) groups is 2. The molecule has 3 aromatic rings. The number of amides is 2. The Morgan fingerprint density at radius 3 is 2.11 bits per heavy atom. The molecule has 0 fully saturated rings. The topological polar surface area (TPSA) is 67.4 Å². The molecule has 0 heterocycles. The molecule has 0 aromatic heterocycles. The Labute approximate surface area is 155 Å².